The minimum Gasteiger partial charge on any atom is -0.493 e. The van der Waals surface area contributed by atoms with Crippen LogP contribution in [0.5, 0.6) is 17.4 Å². The number of methoxy groups -OCH3 is 1. The Bertz CT molecular complexity index is 701. The Labute approximate surface area is 118 Å². The van der Waals surface area contributed by atoms with Crippen molar-refractivity contribution in [1.82, 2.24) is 4.98 Å². The Kier molecular flexibility index (Phi) is 3.98. The molecular formula is C13H10N2O6. The Morgan fingerprint density at radius 1 is 1.33 bits per heavy atom. The summed E-state index contributed by atoms with van der Waals surface area (Å²) >= 11 is 0. The molecule has 1 aromatic carbocycles. The maximum atomic E-state index is 11.2. The standard InChI is InChI=1S/C13H10N2O6/c1-20-10-4-2-3-5-11(10)21-12-9(13(16)17)6-8(7-14-12)15(18)19/h2-7H,1H3,(H,16,17). The number of nitro groups is 1. The third-order valence-corrected chi connectivity index (χ3v) is 2.55. The van der Waals surface area contributed by atoms with E-state index in [1.54, 1.807) is 24.3 Å². The number of para-hydroxylation sites is 2. The zero-order valence-corrected chi connectivity index (χ0v) is 10.8. The minimum atomic E-state index is -1.38. The second-order valence-electron chi connectivity index (χ2n) is 3.86. The summed E-state index contributed by atoms with van der Waals surface area (Å²) in [6, 6.07) is 7.46. The Morgan fingerprint density at radius 3 is 2.57 bits per heavy atom. The number of hydrogen-bond donors (Lipinski definition) is 1. The molecule has 0 fully saturated rings. The predicted molar refractivity (Wildman–Crippen MR) is 70.9 cm³/mol. The number of carboxylic acids is 1. The fraction of sp³-hybridized carbons (Fsp3) is 0.0769. The monoisotopic (exact) mass is 290 g/mol. The lowest BCUT2D eigenvalue weighted by Crippen LogP contribution is -2.04. The van der Waals surface area contributed by atoms with Crippen LogP contribution in [0.4, 0.5) is 5.69 Å². The van der Waals surface area contributed by atoms with E-state index in [-0.39, 0.29) is 11.6 Å². The van der Waals surface area contributed by atoms with Gasteiger partial charge in [0.05, 0.1) is 12.0 Å². The molecule has 0 amide bonds. The maximum Gasteiger partial charge on any atom is 0.341 e. The molecule has 0 spiro atoms. The van der Waals surface area contributed by atoms with Gasteiger partial charge in [0.15, 0.2) is 11.5 Å². The third kappa shape index (κ3) is 3.06. The van der Waals surface area contributed by atoms with E-state index in [1.165, 1.54) is 7.11 Å². The lowest BCUT2D eigenvalue weighted by atomic mass is 10.2. The van der Waals surface area contributed by atoms with Crippen LogP contribution in [-0.2, 0) is 0 Å². The molecule has 0 atom stereocenters. The largest absolute Gasteiger partial charge is 0.493 e. The Hall–Kier alpha value is -3.16. The van der Waals surface area contributed by atoms with Crippen molar-refractivity contribution in [3.8, 4) is 17.4 Å². The van der Waals surface area contributed by atoms with Crippen molar-refractivity contribution in [2.24, 2.45) is 0 Å². The van der Waals surface area contributed by atoms with E-state index in [1.807, 2.05) is 0 Å². The van der Waals surface area contributed by atoms with Gasteiger partial charge in [-0.2, -0.15) is 0 Å². The fourth-order valence-corrected chi connectivity index (χ4v) is 1.58. The summed E-state index contributed by atoms with van der Waals surface area (Å²) in [5.74, 6) is -0.994. The SMILES string of the molecule is COc1ccccc1Oc1ncc([N+](=O)[O-])cc1C(=O)O. The fourth-order valence-electron chi connectivity index (χ4n) is 1.58. The molecule has 0 aliphatic heterocycles. The molecule has 0 aliphatic carbocycles. The highest BCUT2D eigenvalue weighted by molar-refractivity contribution is 5.91. The quantitative estimate of drug-likeness (QED) is 0.664. The minimum absolute atomic E-state index is 0.252. The lowest BCUT2D eigenvalue weighted by molar-refractivity contribution is -0.385. The molecule has 2 rings (SSSR count). The van der Waals surface area contributed by atoms with Gasteiger partial charge in [0.2, 0.25) is 5.88 Å². The molecule has 2 aromatic rings. The van der Waals surface area contributed by atoms with Crippen LogP contribution in [0.25, 0.3) is 0 Å². The number of hydrogen-bond acceptors (Lipinski definition) is 6. The number of rotatable bonds is 5. The van der Waals surface area contributed by atoms with Gasteiger partial charge >= 0.3 is 5.97 Å². The molecule has 0 aliphatic rings. The molecule has 1 aromatic heterocycles. The second kappa shape index (κ2) is 5.87. The van der Waals surface area contributed by atoms with Gasteiger partial charge in [-0.1, -0.05) is 12.1 Å². The van der Waals surface area contributed by atoms with Gasteiger partial charge in [-0.25, -0.2) is 9.78 Å². The van der Waals surface area contributed by atoms with E-state index in [9.17, 15) is 14.9 Å². The first-order valence-electron chi connectivity index (χ1n) is 5.71. The number of carbonyl (C=O) groups is 1. The molecule has 8 heteroatoms. The Morgan fingerprint density at radius 2 is 2.00 bits per heavy atom. The molecule has 1 N–H and O–H groups in total. The van der Waals surface area contributed by atoms with E-state index >= 15 is 0 Å². The van der Waals surface area contributed by atoms with Crippen molar-refractivity contribution in [2.75, 3.05) is 7.11 Å². The molecular weight excluding hydrogens is 280 g/mol. The van der Waals surface area contributed by atoms with Crippen molar-refractivity contribution in [3.63, 3.8) is 0 Å². The summed E-state index contributed by atoms with van der Waals surface area (Å²) in [5.41, 5.74) is -0.838. The summed E-state index contributed by atoms with van der Waals surface area (Å²) in [4.78, 5) is 24.8. The molecule has 0 saturated heterocycles. The van der Waals surface area contributed by atoms with E-state index in [0.29, 0.717) is 5.75 Å². The summed E-state index contributed by atoms with van der Waals surface area (Å²) in [6.07, 6.45) is 0.928. The zero-order valence-electron chi connectivity index (χ0n) is 10.8. The van der Waals surface area contributed by atoms with E-state index < -0.39 is 22.1 Å². The number of nitrogens with zero attached hydrogens (tertiary/aromatic N) is 2. The van der Waals surface area contributed by atoms with Gasteiger partial charge < -0.3 is 14.6 Å². The van der Waals surface area contributed by atoms with Gasteiger partial charge in [0, 0.05) is 6.07 Å². The van der Waals surface area contributed by atoms with Crippen molar-refractivity contribution in [1.29, 1.82) is 0 Å². The number of ether oxygens (including phenoxy) is 2. The highest BCUT2D eigenvalue weighted by atomic mass is 16.6. The van der Waals surface area contributed by atoms with Crippen molar-refractivity contribution in [3.05, 3.63) is 52.2 Å². The van der Waals surface area contributed by atoms with Crippen LogP contribution in [0, 0.1) is 10.1 Å². The highest BCUT2D eigenvalue weighted by Crippen LogP contribution is 2.32. The van der Waals surface area contributed by atoms with Crippen molar-refractivity contribution >= 4 is 11.7 Å². The topological polar surface area (TPSA) is 112 Å². The predicted octanol–water partition coefficient (Wildman–Crippen LogP) is 2.49. The van der Waals surface area contributed by atoms with Gasteiger partial charge in [0.25, 0.3) is 5.69 Å². The smallest absolute Gasteiger partial charge is 0.341 e. The normalized spacial score (nSPS) is 9.95. The van der Waals surface area contributed by atoms with E-state index in [0.717, 1.165) is 12.3 Å². The van der Waals surface area contributed by atoms with Crippen LogP contribution in [0.15, 0.2) is 36.5 Å². The number of benzene rings is 1. The molecule has 8 nitrogen and oxygen atoms in total. The summed E-state index contributed by atoms with van der Waals surface area (Å²) in [5, 5.41) is 19.8. The number of carboxylic acid groups (broad SMARTS) is 1. The van der Waals surface area contributed by atoms with Gasteiger partial charge in [-0.15, -0.1) is 0 Å². The first-order chi connectivity index (χ1) is 10.0. The van der Waals surface area contributed by atoms with Gasteiger partial charge in [-0.3, -0.25) is 10.1 Å². The summed E-state index contributed by atoms with van der Waals surface area (Å²) in [7, 11) is 1.43. The van der Waals surface area contributed by atoms with Gasteiger partial charge in [0.1, 0.15) is 11.8 Å². The first kappa shape index (κ1) is 14.3. The molecule has 108 valence electrons. The molecule has 0 radical (unpaired) electrons. The van der Waals surface area contributed by atoms with E-state index in [2.05, 4.69) is 4.98 Å². The maximum absolute atomic E-state index is 11.2. The highest BCUT2D eigenvalue weighted by Gasteiger charge is 2.20. The number of aromatic nitrogens is 1. The average Bonchev–Trinajstić information content (AvgIpc) is 2.47. The third-order valence-electron chi connectivity index (χ3n) is 2.55. The second-order valence-corrected chi connectivity index (χ2v) is 3.86. The number of pyridine rings is 1. The molecule has 21 heavy (non-hydrogen) atoms. The van der Waals surface area contributed by atoms with E-state index in [4.69, 9.17) is 14.6 Å². The van der Waals surface area contributed by atoms with Gasteiger partial charge in [-0.05, 0) is 12.1 Å². The first-order valence-corrected chi connectivity index (χ1v) is 5.71. The van der Waals surface area contributed by atoms with Crippen LogP contribution in [0.1, 0.15) is 10.4 Å². The van der Waals surface area contributed by atoms with Crippen LogP contribution >= 0.6 is 0 Å². The van der Waals surface area contributed by atoms with Crippen LogP contribution in [-0.4, -0.2) is 28.1 Å². The van der Waals surface area contributed by atoms with Crippen molar-refractivity contribution in [2.45, 2.75) is 0 Å². The molecule has 0 unspecified atom stereocenters. The lowest BCUT2D eigenvalue weighted by Gasteiger charge is -2.10. The van der Waals surface area contributed by atoms with Crippen LogP contribution in [0.3, 0.4) is 0 Å². The average molecular weight is 290 g/mol. The summed E-state index contributed by atoms with van der Waals surface area (Å²) in [6.45, 7) is 0. The number of aromatic carboxylic acids is 1. The molecule has 1 heterocycles. The zero-order chi connectivity index (χ0) is 15.4. The van der Waals surface area contributed by atoms with Crippen LogP contribution < -0.4 is 9.47 Å². The summed E-state index contributed by atoms with van der Waals surface area (Å²) < 4.78 is 10.5. The van der Waals surface area contributed by atoms with Crippen molar-refractivity contribution < 1.29 is 24.3 Å². The molecule has 0 saturated carbocycles. The Balaban J connectivity index is 2.44. The molecule has 0 bridgehead atoms. The van der Waals surface area contributed by atoms with Crippen LogP contribution in [0.2, 0.25) is 0 Å².